The average molecular weight is 265 g/mol. The first kappa shape index (κ1) is 13.4. The molecule has 2 heterocycles. The van der Waals surface area contributed by atoms with Gasteiger partial charge in [-0.15, -0.1) is 0 Å². The van der Waals surface area contributed by atoms with E-state index in [9.17, 15) is 9.59 Å². The topological polar surface area (TPSA) is 118 Å². The Kier molecular flexibility index (Phi) is 3.21. The summed E-state index contributed by atoms with van der Waals surface area (Å²) in [6.45, 7) is 4.51. The van der Waals surface area contributed by atoms with Crippen LogP contribution in [-0.4, -0.2) is 40.0 Å². The number of aromatic amines is 1. The van der Waals surface area contributed by atoms with Crippen LogP contribution in [0.1, 0.15) is 36.5 Å². The number of carbonyl (C=O) groups is 2. The second-order valence-electron chi connectivity index (χ2n) is 5.22. The van der Waals surface area contributed by atoms with Crippen molar-refractivity contribution in [3.05, 3.63) is 11.4 Å². The molecule has 7 heteroatoms. The molecular formula is C12H19N5O2. The Balaban J connectivity index is 2.18. The zero-order valence-corrected chi connectivity index (χ0v) is 11.2. The molecule has 0 bridgehead atoms. The van der Waals surface area contributed by atoms with Crippen LogP contribution in [0.5, 0.6) is 0 Å². The average Bonchev–Trinajstić information content (AvgIpc) is 2.93. The summed E-state index contributed by atoms with van der Waals surface area (Å²) in [5.74, 6) is -0.634. The van der Waals surface area contributed by atoms with Crippen molar-refractivity contribution in [3.63, 3.8) is 0 Å². The van der Waals surface area contributed by atoms with Crippen molar-refractivity contribution >= 4 is 17.5 Å². The van der Waals surface area contributed by atoms with E-state index in [0.717, 1.165) is 5.69 Å². The first-order valence-electron chi connectivity index (χ1n) is 6.31. The van der Waals surface area contributed by atoms with Crippen molar-refractivity contribution in [1.82, 2.24) is 15.1 Å². The third-order valence-corrected chi connectivity index (χ3v) is 3.79. The van der Waals surface area contributed by atoms with Gasteiger partial charge in [0, 0.05) is 13.1 Å². The van der Waals surface area contributed by atoms with Gasteiger partial charge in [-0.1, -0.05) is 6.92 Å². The Hall–Kier alpha value is -2.05. The monoisotopic (exact) mass is 265 g/mol. The van der Waals surface area contributed by atoms with E-state index in [0.29, 0.717) is 31.6 Å². The molecule has 2 amide bonds. The Morgan fingerprint density at radius 2 is 2.21 bits per heavy atom. The van der Waals surface area contributed by atoms with Gasteiger partial charge in [-0.25, -0.2) is 0 Å². The van der Waals surface area contributed by atoms with E-state index in [1.165, 1.54) is 0 Å². The predicted octanol–water partition coefficient (Wildman–Crippen LogP) is -0.108. The van der Waals surface area contributed by atoms with Gasteiger partial charge in [0.15, 0.2) is 5.69 Å². The summed E-state index contributed by atoms with van der Waals surface area (Å²) in [6.07, 6.45) is 1.25. The lowest BCUT2D eigenvalue weighted by molar-refractivity contribution is -0.126. The Morgan fingerprint density at radius 1 is 1.53 bits per heavy atom. The minimum absolute atomic E-state index is 0.227. The van der Waals surface area contributed by atoms with E-state index in [-0.39, 0.29) is 17.5 Å². The number of carbonyl (C=O) groups excluding carboxylic acids is 2. The number of amides is 2. The van der Waals surface area contributed by atoms with Gasteiger partial charge in [-0.05, 0) is 19.8 Å². The number of aromatic nitrogens is 2. The van der Waals surface area contributed by atoms with E-state index in [2.05, 4.69) is 10.2 Å². The summed E-state index contributed by atoms with van der Waals surface area (Å²) in [4.78, 5) is 25.3. The summed E-state index contributed by atoms with van der Waals surface area (Å²) < 4.78 is 0. The fourth-order valence-electron chi connectivity index (χ4n) is 2.30. The maximum Gasteiger partial charge on any atom is 0.276 e. The maximum atomic E-state index is 12.3. The van der Waals surface area contributed by atoms with Gasteiger partial charge in [0.25, 0.3) is 5.91 Å². The molecule has 0 saturated carbocycles. The first-order chi connectivity index (χ1) is 8.89. The van der Waals surface area contributed by atoms with E-state index in [1.807, 2.05) is 6.92 Å². The molecule has 1 aromatic heterocycles. The van der Waals surface area contributed by atoms with Crippen LogP contribution in [0.25, 0.3) is 0 Å². The van der Waals surface area contributed by atoms with Crippen molar-refractivity contribution in [1.29, 1.82) is 0 Å². The third-order valence-electron chi connectivity index (χ3n) is 3.79. The van der Waals surface area contributed by atoms with Gasteiger partial charge in [0.1, 0.15) is 0 Å². The molecule has 1 aliphatic heterocycles. The van der Waals surface area contributed by atoms with Crippen molar-refractivity contribution in [2.45, 2.75) is 26.7 Å². The number of anilines is 1. The molecule has 1 saturated heterocycles. The number of hydrogen-bond acceptors (Lipinski definition) is 4. The van der Waals surface area contributed by atoms with Crippen LogP contribution < -0.4 is 11.5 Å². The molecule has 0 radical (unpaired) electrons. The highest BCUT2D eigenvalue weighted by Gasteiger charge is 2.41. The highest BCUT2D eigenvalue weighted by Crippen LogP contribution is 2.31. The SMILES string of the molecule is CCc1[nH]nc(C(=O)N2CCC(C)(C(N)=O)C2)c1N. The lowest BCUT2D eigenvalue weighted by Gasteiger charge is -2.20. The Morgan fingerprint density at radius 3 is 2.68 bits per heavy atom. The summed E-state index contributed by atoms with van der Waals surface area (Å²) >= 11 is 0. The Labute approximate surface area is 111 Å². The molecule has 19 heavy (non-hydrogen) atoms. The molecule has 1 atom stereocenters. The standard InChI is InChI=1S/C12H19N5O2/c1-3-7-8(13)9(16-15-7)10(18)17-5-4-12(2,6-17)11(14)19/h3-6,13H2,1-2H3,(H2,14,19)(H,15,16). The number of nitrogens with two attached hydrogens (primary N) is 2. The summed E-state index contributed by atoms with van der Waals surface area (Å²) in [5.41, 5.74) is 12.0. The second kappa shape index (κ2) is 4.56. The van der Waals surface area contributed by atoms with Crippen LogP contribution in [0.15, 0.2) is 0 Å². The van der Waals surface area contributed by atoms with Crippen LogP contribution >= 0.6 is 0 Å². The van der Waals surface area contributed by atoms with Gasteiger partial charge in [0.2, 0.25) is 5.91 Å². The van der Waals surface area contributed by atoms with Crippen LogP contribution in [0.2, 0.25) is 0 Å². The number of aryl methyl sites for hydroxylation is 1. The maximum absolute atomic E-state index is 12.3. The third kappa shape index (κ3) is 2.16. The molecule has 104 valence electrons. The second-order valence-corrected chi connectivity index (χ2v) is 5.22. The minimum Gasteiger partial charge on any atom is -0.395 e. The Bertz CT molecular complexity index is 524. The number of nitrogens with zero attached hydrogens (tertiary/aromatic N) is 2. The molecule has 2 rings (SSSR count). The van der Waals surface area contributed by atoms with Crippen molar-refractivity contribution in [2.24, 2.45) is 11.1 Å². The van der Waals surface area contributed by atoms with Gasteiger partial charge in [-0.3, -0.25) is 14.7 Å². The molecular weight excluding hydrogens is 246 g/mol. The molecule has 1 unspecified atom stereocenters. The van der Waals surface area contributed by atoms with E-state index in [4.69, 9.17) is 11.5 Å². The normalized spacial score (nSPS) is 22.7. The van der Waals surface area contributed by atoms with Crippen LogP contribution in [0, 0.1) is 5.41 Å². The summed E-state index contributed by atoms with van der Waals surface area (Å²) in [6, 6.07) is 0. The number of nitrogens with one attached hydrogen (secondary N) is 1. The molecule has 1 aliphatic rings. The van der Waals surface area contributed by atoms with E-state index >= 15 is 0 Å². The predicted molar refractivity (Wildman–Crippen MR) is 70.2 cm³/mol. The van der Waals surface area contributed by atoms with Crippen LogP contribution in [0.4, 0.5) is 5.69 Å². The van der Waals surface area contributed by atoms with Crippen LogP contribution in [-0.2, 0) is 11.2 Å². The van der Waals surface area contributed by atoms with Crippen molar-refractivity contribution in [2.75, 3.05) is 18.8 Å². The fraction of sp³-hybridized carbons (Fsp3) is 0.583. The summed E-state index contributed by atoms with van der Waals surface area (Å²) in [7, 11) is 0. The summed E-state index contributed by atoms with van der Waals surface area (Å²) in [5, 5.41) is 6.72. The number of nitrogen functional groups attached to an aromatic ring is 1. The van der Waals surface area contributed by atoms with Gasteiger partial charge in [0.05, 0.1) is 16.8 Å². The number of H-pyrrole nitrogens is 1. The van der Waals surface area contributed by atoms with E-state index in [1.54, 1.807) is 11.8 Å². The fourth-order valence-corrected chi connectivity index (χ4v) is 2.30. The van der Waals surface area contributed by atoms with Gasteiger partial charge >= 0.3 is 0 Å². The van der Waals surface area contributed by atoms with Gasteiger partial charge < -0.3 is 16.4 Å². The zero-order chi connectivity index (χ0) is 14.2. The quantitative estimate of drug-likeness (QED) is 0.706. The zero-order valence-electron chi connectivity index (χ0n) is 11.2. The van der Waals surface area contributed by atoms with Crippen LogP contribution in [0.3, 0.4) is 0 Å². The molecule has 1 fully saturated rings. The van der Waals surface area contributed by atoms with Crippen molar-refractivity contribution < 1.29 is 9.59 Å². The molecule has 7 nitrogen and oxygen atoms in total. The first-order valence-corrected chi connectivity index (χ1v) is 6.31. The molecule has 0 spiro atoms. The number of primary amides is 1. The molecule has 0 aromatic carbocycles. The lowest BCUT2D eigenvalue weighted by Crippen LogP contribution is -2.38. The molecule has 1 aromatic rings. The van der Waals surface area contributed by atoms with E-state index < -0.39 is 5.41 Å². The lowest BCUT2D eigenvalue weighted by atomic mass is 9.89. The minimum atomic E-state index is -0.658. The van der Waals surface area contributed by atoms with Gasteiger partial charge in [-0.2, -0.15) is 5.10 Å². The number of rotatable bonds is 3. The smallest absolute Gasteiger partial charge is 0.276 e. The highest BCUT2D eigenvalue weighted by atomic mass is 16.2. The highest BCUT2D eigenvalue weighted by molar-refractivity contribution is 5.98. The number of likely N-dealkylation sites (tertiary alicyclic amines) is 1. The van der Waals surface area contributed by atoms with Crippen molar-refractivity contribution in [3.8, 4) is 0 Å². The largest absolute Gasteiger partial charge is 0.395 e. The molecule has 5 N–H and O–H groups in total. The number of hydrogen-bond donors (Lipinski definition) is 3. The molecule has 0 aliphatic carbocycles.